The van der Waals surface area contributed by atoms with Gasteiger partial charge < -0.3 is 9.32 Å². The van der Waals surface area contributed by atoms with Gasteiger partial charge in [0.2, 0.25) is 0 Å². The Morgan fingerprint density at radius 2 is 1.67 bits per heavy atom. The van der Waals surface area contributed by atoms with E-state index in [4.69, 9.17) is 16.0 Å². The fourth-order valence-corrected chi connectivity index (χ4v) is 2.67. The maximum absolute atomic E-state index is 12.2. The number of nitrogens with zero attached hydrogens (tertiary/aromatic N) is 1. The number of carbonyl (C=O) groups is 2. The van der Waals surface area contributed by atoms with Crippen molar-refractivity contribution in [2.75, 3.05) is 19.0 Å². The Balaban J connectivity index is 1.65. The molecule has 0 saturated carbocycles. The van der Waals surface area contributed by atoms with Crippen LogP contribution in [0.2, 0.25) is 5.02 Å². The molecule has 0 atom stereocenters. The molecule has 2 aromatic carbocycles. The third-order valence-electron chi connectivity index (χ3n) is 3.88. The Hall–Kier alpha value is -3.25. The minimum absolute atomic E-state index is 0.0623. The summed E-state index contributed by atoms with van der Waals surface area (Å²) in [6, 6.07) is 17.4. The largest absolute Gasteiger partial charge is 0.451 e. The molecule has 3 rings (SSSR count). The van der Waals surface area contributed by atoms with Crippen LogP contribution in [0.25, 0.3) is 11.3 Å². The van der Waals surface area contributed by atoms with Crippen molar-refractivity contribution in [3.05, 3.63) is 77.0 Å². The van der Waals surface area contributed by atoms with Gasteiger partial charge in [-0.2, -0.15) is 0 Å². The quantitative estimate of drug-likeness (QED) is 0.673. The second-order valence-corrected chi connectivity index (χ2v) is 6.40. The van der Waals surface area contributed by atoms with Gasteiger partial charge in [-0.1, -0.05) is 29.8 Å². The molecule has 0 aliphatic heterocycles. The van der Waals surface area contributed by atoms with Crippen LogP contribution in [0.4, 0.5) is 5.69 Å². The smallest absolute Gasteiger partial charge is 0.305 e. The molecule has 0 aliphatic carbocycles. The summed E-state index contributed by atoms with van der Waals surface area (Å²) in [5.74, 6) is -0.460. The molecule has 27 heavy (non-hydrogen) atoms. The molecule has 0 spiro atoms. The number of rotatable bonds is 4. The fraction of sp³-hybridized carbons (Fsp3) is 0.100. The molecule has 0 unspecified atom stereocenters. The average Bonchev–Trinajstić information content (AvgIpc) is 3.16. The minimum Gasteiger partial charge on any atom is -0.451 e. The zero-order chi connectivity index (χ0) is 19.4. The molecule has 0 fully saturated rings. The van der Waals surface area contributed by atoms with Gasteiger partial charge in [-0.25, -0.2) is 0 Å². The average molecular weight is 384 g/mol. The van der Waals surface area contributed by atoms with Crippen LogP contribution in [0.3, 0.4) is 0 Å². The highest BCUT2D eigenvalue weighted by molar-refractivity contribution is 6.33. The molecule has 7 heteroatoms. The van der Waals surface area contributed by atoms with Crippen molar-refractivity contribution >= 4 is 29.1 Å². The number of hydrazine groups is 1. The monoisotopic (exact) mass is 383 g/mol. The molecule has 6 nitrogen and oxygen atoms in total. The van der Waals surface area contributed by atoms with Gasteiger partial charge in [-0.05, 0) is 42.5 Å². The second kappa shape index (κ2) is 7.97. The van der Waals surface area contributed by atoms with Crippen LogP contribution in [0.15, 0.2) is 65.1 Å². The Morgan fingerprint density at radius 1 is 0.926 bits per heavy atom. The Labute approximate surface area is 161 Å². The lowest BCUT2D eigenvalue weighted by molar-refractivity contribution is 0.0831. The molecule has 0 bridgehead atoms. The van der Waals surface area contributed by atoms with Crippen molar-refractivity contribution < 1.29 is 14.0 Å². The lowest BCUT2D eigenvalue weighted by Gasteiger charge is -2.13. The Kier molecular flexibility index (Phi) is 5.47. The molecule has 1 aromatic heterocycles. The maximum Gasteiger partial charge on any atom is 0.305 e. The third kappa shape index (κ3) is 4.30. The van der Waals surface area contributed by atoms with Crippen molar-refractivity contribution in [3.8, 4) is 11.3 Å². The van der Waals surface area contributed by atoms with E-state index in [1.165, 1.54) is 6.07 Å². The number of anilines is 1. The van der Waals surface area contributed by atoms with Gasteiger partial charge in [0.25, 0.3) is 5.91 Å². The van der Waals surface area contributed by atoms with E-state index in [1.807, 2.05) is 37.2 Å². The number of amides is 2. The summed E-state index contributed by atoms with van der Waals surface area (Å²) in [6.45, 7) is 0. The lowest BCUT2D eigenvalue weighted by atomic mass is 10.2. The minimum atomic E-state index is -0.564. The highest BCUT2D eigenvalue weighted by Crippen LogP contribution is 2.28. The lowest BCUT2D eigenvalue weighted by Crippen LogP contribution is -2.41. The van der Waals surface area contributed by atoms with Crippen molar-refractivity contribution in [2.24, 2.45) is 0 Å². The molecule has 1 heterocycles. The van der Waals surface area contributed by atoms with Gasteiger partial charge in [0.1, 0.15) is 5.76 Å². The molecule has 0 radical (unpaired) electrons. The molecule has 0 saturated heterocycles. The molecular weight excluding hydrogens is 366 g/mol. The zero-order valence-electron chi connectivity index (χ0n) is 14.8. The number of hydrogen-bond acceptors (Lipinski definition) is 4. The first-order chi connectivity index (χ1) is 13.0. The second-order valence-electron chi connectivity index (χ2n) is 6.00. The molecule has 0 aliphatic rings. The standard InChI is InChI=1S/C20H18ClN3O3/c1-24(2)14-7-5-6-13(12-14)19(25)22-23-20(26)18-11-10-17(27-18)15-8-3-4-9-16(15)21/h3-12H,1-2H3,(H,22,25)(H,23,26). The van der Waals surface area contributed by atoms with Crippen LogP contribution in [0.1, 0.15) is 20.9 Å². The number of hydrogen-bond donors (Lipinski definition) is 2. The summed E-state index contributed by atoms with van der Waals surface area (Å²) in [7, 11) is 3.76. The van der Waals surface area contributed by atoms with Crippen LogP contribution in [0, 0.1) is 0 Å². The van der Waals surface area contributed by atoms with E-state index in [9.17, 15) is 9.59 Å². The normalized spacial score (nSPS) is 10.3. The van der Waals surface area contributed by atoms with Gasteiger partial charge in [0.05, 0.1) is 5.02 Å². The zero-order valence-corrected chi connectivity index (χ0v) is 15.6. The van der Waals surface area contributed by atoms with Gasteiger partial charge in [0, 0.05) is 30.9 Å². The highest BCUT2D eigenvalue weighted by atomic mass is 35.5. The van der Waals surface area contributed by atoms with Crippen molar-refractivity contribution in [1.29, 1.82) is 0 Å². The van der Waals surface area contributed by atoms with E-state index in [1.54, 1.807) is 36.4 Å². The first-order valence-corrected chi connectivity index (χ1v) is 8.56. The van der Waals surface area contributed by atoms with E-state index in [0.29, 0.717) is 21.9 Å². The van der Waals surface area contributed by atoms with E-state index in [-0.39, 0.29) is 5.76 Å². The van der Waals surface area contributed by atoms with Crippen molar-refractivity contribution in [3.63, 3.8) is 0 Å². The summed E-state index contributed by atoms with van der Waals surface area (Å²) >= 11 is 6.13. The maximum atomic E-state index is 12.2. The van der Waals surface area contributed by atoms with E-state index >= 15 is 0 Å². The van der Waals surface area contributed by atoms with Gasteiger partial charge in [-0.3, -0.25) is 20.4 Å². The third-order valence-corrected chi connectivity index (χ3v) is 4.21. The first-order valence-electron chi connectivity index (χ1n) is 8.18. The summed E-state index contributed by atoms with van der Waals surface area (Å²) in [4.78, 5) is 26.3. The van der Waals surface area contributed by atoms with Crippen LogP contribution in [-0.4, -0.2) is 25.9 Å². The summed E-state index contributed by atoms with van der Waals surface area (Å²) in [6.07, 6.45) is 0. The molecule has 3 aromatic rings. The van der Waals surface area contributed by atoms with Gasteiger partial charge in [-0.15, -0.1) is 0 Å². The number of nitrogens with one attached hydrogen (secondary N) is 2. The van der Waals surface area contributed by atoms with Crippen LogP contribution in [0.5, 0.6) is 0 Å². The van der Waals surface area contributed by atoms with E-state index in [0.717, 1.165) is 5.69 Å². The SMILES string of the molecule is CN(C)c1cccc(C(=O)NNC(=O)c2ccc(-c3ccccc3Cl)o2)c1. The van der Waals surface area contributed by atoms with E-state index < -0.39 is 11.8 Å². The molecule has 2 N–H and O–H groups in total. The first kappa shape index (κ1) is 18.5. The van der Waals surface area contributed by atoms with Crippen LogP contribution < -0.4 is 15.8 Å². The van der Waals surface area contributed by atoms with Crippen LogP contribution >= 0.6 is 11.6 Å². The fourth-order valence-electron chi connectivity index (χ4n) is 2.44. The Bertz CT molecular complexity index is 982. The van der Waals surface area contributed by atoms with Crippen molar-refractivity contribution in [1.82, 2.24) is 10.9 Å². The number of halogens is 1. The molecular formula is C20H18ClN3O3. The number of carbonyl (C=O) groups excluding carboxylic acids is 2. The summed E-state index contributed by atoms with van der Waals surface area (Å²) in [5, 5.41) is 0.521. The predicted octanol–water partition coefficient (Wildman–Crippen LogP) is 3.74. The summed E-state index contributed by atoms with van der Waals surface area (Å²) < 4.78 is 5.55. The molecule has 2 amide bonds. The van der Waals surface area contributed by atoms with Gasteiger partial charge >= 0.3 is 5.91 Å². The number of furan rings is 1. The topological polar surface area (TPSA) is 74.6 Å². The predicted molar refractivity (Wildman–Crippen MR) is 105 cm³/mol. The molecule has 138 valence electrons. The van der Waals surface area contributed by atoms with Gasteiger partial charge in [0.15, 0.2) is 5.76 Å². The Morgan fingerprint density at radius 3 is 2.41 bits per heavy atom. The van der Waals surface area contributed by atoms with E-state index in [2.05, 4.69) is 10.9 Å². The summed E-state index contributed by atoms with van der Waals surface area (Å²) in [5.41, 5.74) is 6.72. The van der Waals surface area contributed by atoms with Crippen molar-refractivity contribution in [2.45, 2.75) is 0 Å². The highest BCUT2D eigenvalue weighted by Gasteiger charge is 2.15. The number of benzene rings is 2. The van der Waals surface area contributed by atoms with Crippen LogP contribution in [-0.2, 0) is 0 Å².